The van der Waals surface area contributed by atoms with Crippen LogP contribution < -0.4 is 9.62 Å². The Labute approximate surface area is 226 Å². The number of nitrogens with one attached hydrogen (secondary N) is 1. The molecule has 0 bridgehead atoms. The lowest BCUT2D eigenvalue weighted by Crippen LogP contribution is -2.54. The van der Waals surface area contributed by atoms with E-state index in [1.807, 2.05) is 65.0 Å². The van der Waals surface area contributed by atoms with Crippen LogP contribution in [-0.4, -0.2) is 43.3 Å². The molecule has 0 aliphatic carbocycles. The Bertz CT molecular complexity index is 1350. The summed E-state index contributed by atoms with van der Waals surface area (Å²) in [7, 11) is -4.07. The van der Waals surface area contributed by atoms with Crippen LogP contribution in [0.5, 0.6) is 0 Å². The van der Waals surface area contributed by atoms with Gasteiger partial charge in [-0.05, 0) is 71.4 Å². The minimum Gasteiger partial charge on any atom is -0.350 e. The minimum absolute atomic E-state index is 0.0876. The molecule has 1 N–H and O–H groups in total. The monoisotopic (exact) mass is 535 g/mol. The van der Waals surface area contributed by atoms with E-state index in [9.17, 15) is 18.0 Å². The second kappa shape index (κ2) is 11.8. The van der Waals surface area contributed by atoms with Gasteiger partial charge in [-0.25, -0.2) is 8.42 Å². The number of nitrogens with zero attached hydrogens (tertiary/aromatic N) is 2. The van der Waals surface area contributed by atoms with E-state index in [0.717, 1.165) is 21.0 Å². The first-order valence-corrected chi connectivity index (χ1v) is 14.0. The maximum absolute atomic E-state index is 13.9. The van der Waals surface area contributed by atoms with Crippen molar-refractivity contribution in [1.29, 1.82) is 0 Å². The van der Waals surface area contributed by atoms with Gasteiger partial charge in [-0.15, -0.1) is 0 Å². The van der Waals surface area contributed by atoms with Crippen molar-refractivity contribution in [2.75, 3.05) is 10.8 Å². The van der Waals surface area contributed by atoms with Crippen molar-refractivity contribution < 1.29 is 18.0 Å². The summed E-state index contributed by atoms with van der Waals surface area (Å²) in [5.41, 5.74) is 2.60. The number of carbonyl (C=O) groups excluding carboxylic acids is 2. The summed E-state index contributed by atoms with van der Waals surface area (Å²) in [6.07, 6.45) is 0. The zero-order chi connectivity index (χ0) is 28.1. The molecule has 0 saturated heterocycles. The predicted molar refractivity (Wildman–Crippen MR) is 151 cm³/mol. The van der Waals surface area contributed by atoms with Gasteiger partial charge in [0, 0.05) is 12.1 Å². The highest BCUT2D eigenvalue weighted by Crippen LogP contribution is 2.25. The molecule has 7 nitrogen and oxygen atoms in total. The van der Waals surface area contributed by atoms with Crippen molar-refractivity contribution in [2.45, 2.75) is 64.6 Å². The van der Waals surface area contributed by atoms with E-state index in [-0.39, 0.29) is 17.3 Å². The van der Waals surface area contributed by atoms with Crippen molar-refractivity contribution in [2.24, 2.45) is 0 Å². The van der Waals surface area contributed by atoms with Gasteiger partial charge in [0.25, 0.3) is 10.0 Å². The smallest absolute Gasteiger partial charge is 0.264 e. The molecular weight excluding hydrogens is 498 g/mol. The van der Waals surface area contributed by atoms with Gasteiger partial charge < -0.3 is 10.2 Å². The molecule has 0 aliphatic rings. The SMILES string of the molecule is Cc1ccc(N(CC(=O)N(Cc2ccccc2)[C@@H](C)C(=O)NC(C)(C)C)S(=O)(=O)c2ccc(C)cc2)cc1. The number of hydrogen-bond donors (Lipinski definition) is 1. The number of carbonyl (C=O) groups is 2. The van der Waals surface area contributed by atoms with Gasteiger partial charge in [-0.3, -0.25) is 13.9 Å². The maximum Gasteiger partial charge on any atom is 0.264 e. The molecule has 0 saturated carbocycles. The average molecular weight is 536 g/mol. The quantitative estimate of drug-likeness (QED) is 0.425. The van der Waals surface area contributed by atoms with Gasteiger partial charge in [0.05, 0.1) is 10.6 Å². The fourth-order valence-corrected chi connectivity index (χ4v) is 5.33. The van der Waals surface area contributed by atoms with Crippen LogP contribution in [0, 0.1) is 13.8 Å². The molecule has 202 valence electrons. The third-order valence-electron chi connectivity index (χ3n) is 6.07. The first kappa shape index (κ1) is 28.9. The summed E-state index contributed by atoms with van der Waals surface area (Å²) in [6, 6.07) is 22.0. The highest BCUT2D eigenvalue weighted by atomic mass is 32.2. The van der Waals surface area contributed by atoms with E-state index < -0.39 is 34.1 Å². The van der Waals surface area contributed by atoms with E-state index in [2.05, 4.69) is 5.32 Å². The zero-order valence-corrected chi connectivity index (χ0v) is 23.7. The van der Waals surface area contributed by atoms with Crippen molar-refractivity contribution >= 4 is 27.5 Å². The van der Waals surface area contributed by atoms with Crippen LogP contribution in [0.1, 0.15) is 44.4 Å². The predicted octanol–water partition coefficient (Wildman–Crippen LogP) is 4.83. The Kier molecular flexibility index (Phi) is 8.99. The summed E-state index contributed by atoms with van der Waals surface area (Å²) in [5, 5.41) is 2.93. The number of benzene rings is 3. The molecule has 3 rings (SSSR count). The molecule has 0 aromatic heterocycles. The maximum atomic E-state index is 13.9. The Hall–Kier alpha value is -3.65. The number of anilines is 1. The van der Waals surface area contributed by atoms with E-state index >= 15 is 0 Å². The third kappa shape index (κ3) is 7.44. The van der Waals surface area contributed by atoms with E-state index in [1.165, 1.54) is 17.0 Å². The number of aryl methyl sites for hydroxylation is 2. The minimum atomic E-state index is -4.07. The van der Waals surface area contributed by atoms with Crippen molar-refractivity contribution in [3.63, 3.8) is 0 Å². The molecule has 1 atom stereocenters. The van der Waals surface area contributed by atoms with Crippen LogP contribution in [0.2, 0.25) is 0 Å². The zero-order valence-electron chi connectivity index (χ0n) is 22.9. The highest BCUT2D eigenvalue weighted by Gasteiger charge is 2.33. The van der Waals surface area contributed by atoms with E-state index in [1.54, 1.807) is 43.3 Å². The molecule has 38 heavy (non-hydrogen) atoms. The Morgan fingerprint density at radius 1 is 0.842 bits per heavy atom. The highest BCUT2D eigenvalue weighted by molar-refractivity contribution is 7.92. The van der Waals surface area contributed by atoms with Gasteiger partial charge in [0.15, 0.2) is 0 Å². The van der Waals surface area contributed by atoms with Gasteiger partial charge >= 0.3 is 0 Å². The summed E-state index contributed by atoms with van der Waals surface area (Å²) < 4.78 is 28.7. The first-order chi connectivity index (χ1) is 17.8. The fourth-order valence-electron chi connectivity index (χ4n) is 3.91. The lowest BCUT2D eigenvalue weighted by Gasteiger charge is -2.33. The van der Waals surface area contributed by atoms with E-state index in [0.29, 0.717) is 5.69 Å². The van der Waals surface area contributed by atoms with Crippen LogP contribution >= 0.6 is 0 Å². The van der Waals surface area contributed by atoms with Gasteiger partial charge in [-0.1, -0.05) is 65.7 Å². The summed E-state index contributed by atoms with van der Waals surface area (Å²) in [5.74, 6) is -0.799. The number of amides is 2. The normalized spacial score (nSPS) is 12.5. The fraction of sp³-hybridized carbons (Fsp3) is 0.333. The second-order valence-corrected chi connectivity index (χ2v) is 12.4. The summed E-state index contributed by atoms with van der Waals surface area (Å²) >= 11 is 0. The lowest BCUT2D eigenvalue weighted by atomic mass is 10.1. The van der Waals surface area contributed by atoms with Crippen LogP contribution in [0.25, 0.3) is 0 Å². The van der Waals surface area contributed by atoms with Crippen LogP contribution in [-0.2, 0) is 26.2 Å². The molecule has 0 spiro atoms. The molecule has 8 heteroatoms. The average Bonchev–Trinajstić information content (AvgIpc) is 2.85. The Balaban J connectivity index is 2.02. The number of hydrogen-bond acceptors (Lipinski definition) is 4. The largest absolute Gasteiger partial charge is 0.350 e. The van der Waals surface area contributed by atoms with E-state index in [4.69, 9.17) is 0 Å². The Morgan fingerprint density at radius 3 is 1.89 bits per heavy atom. The molecule has 0 radical (unpaired) electrons. The third-order valence-corrected chi connectivity index (χ3v) is 7.86. The standard InChI is InChI=1S/C30H37N3O4S/c1-22-12-16-26(17-13-22)33(38(36,37)27-18-14-23(2)15-19-27)21-28(34)32(20-25-10-8-7-9-11-25)24(3)29(35)31-30(4,5)6/h7-19,24H,20-21H2,1-6H3,(H,31,35)/t24-/m0/s1. The Morgan fingerprint density at radius 2 is 1.37 bits per heavy atom. The number of rotatable bonds is 9. The molecule has 3 aromatic rings. The summed E-state index contributed by atoms with van der Waals surface area (Å²) in [4.78, 5) is 28.5. The van der Waals surface area contributed by atoms with Gasteiger partial charge in [-0.2, -0.15) is 0 Å². The molecule has 0 heterocycles. The van der Waals surface area contributed by atoms with Crippen molar-refractivity contribution in [1.82, 2.24) is 10.2 Å². The molecular formula is C30H37N3O4S. The number of sulfonamides is 1. The second-order valence-electron chi connectivity index (χ2n) is 10.6. The van der Waals surface area contributed by atoms with Crippen LogP contribution in [0.15, 0.2) is 83.8 Å². The van der Waals surface area contributed by atoms with Gasteiger partial charge in [0.2, 0.25) is 11.8 Å². The van der Waals surface area contributed by atoms with Gasteiger partial charge in [0.1, 0.15) is 12.6 Å². The molecule has 0 aliphatic heterocycles. The lowest BCUT2D eigenvalue weighted by molar-refractivity contribution is -0.140. The molecule has 2 amide bonds. The molecule has 3 aromatic carbocycles. The van der Waals surface area contributed by atoms with Crippen molar-refractivity contribution in [3.05, 3.63) is 95.6 Å². The molecule has 0 fully saturated rings. The van der Waals surface area contributed by atoms with Crippen LogP contribution in [0.3, 0.4) is 0 Å². The molecule has 0 unspecified atom stereocenters. The van der Waals surface area contributed by atoms with Crippen molar-refractivity contribution in [3.8, 4) is 0 Å². The topological polar surface area (TPSA) is 86.8 Å². The summed E-state index contributed by atoms with van der Waals surface area (Å²) in [6.45, 7) is 10.8. The first-order valence-electron chi connectivity index (χ1n) is 12.6. The van der Waals surface area contributed by atoms with Crippen LogP contribution in [0.4, 0.5) is 5.69 Å².